The molecule has 0 radical (unpaired) electrons. The highest BCUT2D eigenvalue weighted by atomic mass is 32.2. The normalized spacial score (nSPS) is 17.0. The molecule has 0 unspecified atom stereocenters. The molecule has 1 aromatic heterocycles. The number of benzene rings is 1. The van der Waals surface area contributed by atoms with Crippen LogP contribution in [0.25, 0.3) is 0 Å². The van der Waals surface area contributed by atoms with Gasteiger partial charge in [-0.05, 0) is 48.7 Å². The number of thiol groups is 1. The van der Waals surface area contributed by atoms with Gasteiger partial charge in [-0.25, -0.2) is 9.78 Å². The van der Waals surface area contributed by atoms with Crippen LogP contribution in [0.4, 0.5) is 0 Å². The van der Waals surface area contributed by atoms with Crippen molar-refractivity contribution >= 4 is 71.7 Å². The van der Waals surface area contributed by atoms with Crippen molar-refractivity contribution in [2.45, 2.75) is 109 Å². The Kier molecular flexibility index (Phi) is 21.2. The van der Waals surface area contributed by atoms with Gasteiger partial charge >= 0.3 is 5.97 Å². The lowest BCUT2D eigenvalue weighted by molar-refractivity contribution is -0.143. The summed E-state index contributed by atoms with van der Waals surface area (Å²) in [5, 5.41) is 25.6. The maximum Gasteiger partial charge on any atom is 0.327 e. The third-order valence-electron chi connectivity index (χ3n) is 10.6. The van der Waals surface area contributed by atoms with Gasteiger partial charge in [0.25, 0.3) is 0 Å². The summed E-state index contributed by atoms with van der Waals surface area (Å²) in [4.78, 5) is 116. The molecule has 0 spiro atoms. The average molecular weight is 903 g/mol. The molecule has 2 aromatic rings. The predicted octanol–water partition coefficient (Wildman–Crippen LogP) is -0.477. The Labute approximate surface area is 371 Å². The van der Waals surface area contributed by atoms with Crippen molar-refractivity contribution in [2.24, 2.45) is 17.6 Å². The summed E-state index contributed by atoms with van der Waals surface area (Å²) in [5.41, 5.74) is 6.68. The van der Waals surface area contributed by atoms with Gasteiger partial charge in [0.2, 0.25) is 41.4 Å². The van der Waals surface area contributed by atoms with Crippen LogP contribution in [0.1, 0.15) is 64.6 Å². The van der Waals surface area contributed by atoms with E-state index in [0.29, 0.717) is 36.3 Å². The van der Waals surface area contributed by atoms with E-state index in [2.05, 4.69) is 54.5 Å². The molecular weight excluding hydrogens is 841 g/mol. The number of carbonyl (C=O) groups excluding carboxylic acids is 7. The van der Waals surface area contributed by atoms with Crippen LogP contribution in [0.3, 0.4) is 0 Å². The number of hydrogen-bond donors (Lipinski definition) is 10. The zero-order chi connectivity index (χ0) is 45.9. The van der Waals surface area contributed by atoms with E-state index >= 15 is 0 Å². The number of H-pyrrole nitrogens is 1. The van der Waals surface area contributed by atoms with Crippen molar-refractivity contribution in [3.8, 4) is 0 Å². The smallest absolute Gasteiger partial charge is 0.327 e. The number of likely N-dealkylation sites (tertiary alicyclic amines) is 1. The van der Waals surface area contributed by atoms with E-state index in [1.165, 1.54) is 29.2 Å². The Morgan fingerprint density at radius 2 is 1.52 bits per heavy atom. The van der Waals surface area contributed by atoms with Crippen LogP contribution in [0.5, 0.6) is 0 Å². The highest BCUT2D eigenvalue weighted by molar-refractivity contribution is 7.98. The number of aliphatic carboxylic acids is 1. The van der Waals surface area contributed by atoms with Crippen LogP contribution in [0, 0.1) is 11.8 Å². The third-order valence-corrected chi connectivity index (χ3v) is 11.6. The molecule has 1 aliphatic rings. The number of aromatic amines is 1. The number of nitrogens with zero attached hydrogens (tertiary/aromatic N) is 2. The molecule has 0 bridgehead atoms. The number of aromatic nitrogens is 2. The van der Waals surface area contributed by atoms with E-state index in [-0.39, 0.29) is 44.0 Å². The molecule has 342 valence electrons. The highest BCUT2D eigenvalue weighted by Gasteiger charge is 2.41. The molecule has 62 heavy (non-hydrogen) atoms. The van der Waals surface area contributed by atoms with Crippen LogP contribution in [0.2, 0.25) is 0 Å². The topological polar surface area (TPSA) is 287 Å². The molecule has 1 saturated heterocycles. The summed E-state index contributed by atoms with van der Waals surface area (Å²) in [6.07, 6.45) is 6.18. The van der Waals surface area contributed by atoms with Crippen LogP contribution in [-0.4, -0.2) is 140 Å². The van der Waals surface area contributed by atoms with Crippen LogP contribution < -0.4 is 37.6 Å². The number of nitrogens with two attached hydrogens (primary N) is 1. The number of hydrogen-bond acceptors (Lipinski definition) is 12. The van der Waals surface area contributed by atoms with Crippen molar-refractivity contribution < 1.29 is 43.5 Å². The molecular formula is C41H62N10O9S2. The lowest BCUT2D eigenvalue weighted by Crippen LogP contribution is -2.61. The average Bonchev–Trinajstić information content (AvgIpc) is 3.97. The van der Waals surface area contributed by atoms with E-state index in [9.17, 15) is 43.5 Å². The fraction of sp³-hybridized carbons (Fsp3) is 0.585. The Hall–Kier alpha value is -5.15. The third kappa shape index (κ3) is 15.3. The summed E-state index contributed by atoms with van der Waals surface area (Å²) < 4.78 is 0. The standard InChI is InChI=1S/C41H62N10O9S2/c1-6-24(4)34(50-35(53)27(14-16-62-5)45-32(52)19-42)39(57)49-33(23(2)3)38(56)47-29(17-25-11-8-7-9-12-25)40(58)51-15-10-13-31(51)37(55)46-28(18-26-20-43-22-44-26)36(54)48-30(21-61)41(59)60/h7-9,11-12,20,22-24,27-31,33-34,61H,6,10,13-19,21,42H2,1-5H3,(H,43,44)(H,45,52)(H,46,55)(H,47,56)(H,48,54)(H,49,57)(H,50,53)(H,59,60)/t24-,27-,28-,29-,30-,31-,33-,34-/m0/s1. The molecule has 1 aromatic carbocycles. The fourth-order valence-corrected chi connectivity index (χ4v) is 7.58. The van der Waals surface area contributed by atoms with Gasteiger partial charge in [0.15, 0.2) is 0 Å². The summed E-state index contributed by atoms with van der Waals surface area (Å²) in [6, 6.07) is 0.976. The monoisotopic (exact) mass is 902 g/mol. The first-order chi connectivity index (χ1) is 29.5. The van der Waals surface area contributed by atoms with E-state index in [1.54, 1.807) is 51.1 Å². The molecule has 0 saturated carbocycles. The minimum atomic E-state index is -1.32. The Morgan fingerprint density at radius 1 is 0.871 bits per heavy atom. The predicted molar refractivity (Wildman–Crippen MR) is 237 cm³/mol. The van der Waals surface area contributed by atoms with Crippen LogP contribution in [0.15, 0.2) is 42.9 Å². The molecule has 0 aliphatic carbocycles. The zero-order valence-corrected chi connectivity index (χ0v) is 37.6. The number of carboxylic acid groups (broad SMARTS) is 1. The number of nitrogens with one attached hydrogen (secondary N) is 7. The first kappa shape index (κ1) is 51.2. The molecule has 21 heteroatoms. The van der Waals surface area contributed by atoms with Crippen molar-refractivity contribution in [1.82, 2.24) is 46.8 Å². The molecule has 7 amide bonds. The second-order valence-electron chi connectivity index (χ2n) is 15.6. The summed E-state index contributed by atoms with van der Waals surface area (Å²) in [7, 11) is 0. The van der Waals surface area contributed by atoms with Gasteiger partial charge in [0, 0.05) is 37.0 Å². The number of carbonyl (C=O) groups is 8. The van der Waals surface area contributed by atoms with E-state index in [1.807, 2.05) is 13.2 Å². The van der Waals surface area contributed by atoms with Crippen LogP contribution >= 0.6 is 24.4 Å². The molecule has 10 N–H and O–H groups in total. The minimum absolute atomic E-state index is 0.0394. The summed E-state index contributed by atoms with van der Waals surface area (Å²) in [6.45, 7) is 6.93. The van der Waals surface area contributed by atoms with Gasteiger partial charge in [-0.3, -0.25) is 33.6 Å². The zero-order valence-electron chi connectivity index (χ0n) is 35.8. The minimum Gasteiger partial charge on any atom is -0.480 e. The second-order valence-corrected chi connectivity index (χ2v) is 16.9. The highest BCUT2D eigenvalue weighted by Crippen LogP contribution is 2.21. The summed E-state index contributed by atoms with van der Waals surface area (Å²) >= 11 is 5.50. The molecule has 3 rings (SSSR count). The van der Waals surface area contributed by atoms with E-state index in [4.69, 9.17) is 5.73 Å². The SMILES string of the molecule is CC[C@H](C)[C@H](NC(=O)[C@H](CCSC)NC(=O)CN)C(=O)N[C@H](C(=O)N[C@@H](Cc1ccccc1)C(=O)N1CCC[C@H]1C(=O)N[C@@H](Cc1cnc[nH]1)C(=O)N[C@@H](CS)C(=O)O)C(C)C. The fourth-order valence-electron chi connectivity index (χ4n) is 6.86. The number of carboxylic acids is 1. The van der Waals surface area contributed by atoms with Gasteiger partial charge in [0.05, 0.1) is 12.9 Å². The first-order valence-corrected chi connectivity index (χ1v) is 22.7. The van der Waals surface area contributed by atoms with Gasteiger partial charge in [-0.1, -0.05) is 64.4 Å². The number of rotatable bonds is 25. The van der Waals surface area contributed by atoms with E-state index < -0.39 is 95.5 Å². The molecule has 2 heterocycles. The second kappa shape index (κ2) is 25.7. The lowest BCUT2D eigenvalue weighted by atomic mass is 9.95. The quantitative estimate of drug-likeness (QED) is 0.0566. The van der Waals surface area contributed by atoms with Crippen molar-refractivity contribution in [3.63, 3.8) is 0 Å². The summed E-state index contributed by atoms with van der Waals surface area (Å²) in [5.74, 6) is -6.18. The van der Waals surface area contributed by atoms with Gasteiger partial charge < -0.3 is 52.6 Å². The number of imidazole rings is 1. The van der Waals surface area contributed by atoms with Crippen molar-refractivity contribution in [3.05, 3.63) is 54.1 Å². The largest absolute Gasteiger partial charge is 0.480 e. The Balaban J connectivity index is 1.86. The number of thioether (sulfide) groups is 1. The molecule has 1 aliphatic heterocycles. The molecule has 1 fully saturated rings. The van der Waals surface area contributed by atoms with Crippen LogP contribution in [-0.2, 0) is 51.2 Å². The molecule has 19 nitrogen and oxygen atoms in total. The maximum absolute atomic E-state index is 14.5. The first-order valence-electron chi connectivity index (χ1n) is 20.7. The Morgan fingerprint density at radius 3 is 2.10 bits per heavy atom. The van der Waals surface area contributed by atoms with Gasteiger partial charge in [-0.2, -0.15) is 24.4 Å². The van der Waals surface area contributed by atoms with Gasteiger partial charge in [0.1, 0.15) is 42.3 Å². The molecule has 8 atom stereocenters. The van der Waals surface area contributed by atoms with E-state index in [0.717, 1.165) is 0 Å². The number of amides is 7. The van der Waals surface area contributed by atoms with Crippen molar-refractivity contribution in [1.29, 1.82) is 0 Å². The lowest BCUT2D eigenvalue weighted by Gasteiger charge is -2.32. The maximum atomic E-state index is 14.5. The van der Waals surface area contributed by atoms with Crippen molar-refractivity contribution in [2.75, 3.05) is 30.9 Å². The Bertz CT molecular complexity index is 1820. The van der Waals surface area contributed by atoms with Gasteiger partial charge in [-0.15, -0.1) is 0 Å².